The van der Waals surface area contributed by atoms with Crippen LogP contribution in [0.2, 0.25) is 10.0 Å². The van der Waals surface area contributed by atoms with Crippen molar-refractivity contribution in [3.8, 4) is 11.1 Å². The van der Waals surface area contributed by atoms with Gasteiger partial charge in [0.15, 0.2) is 10.8 Å². The predicted octanol–water partition coefficient (Wildman–Crippen LogP) is 4.91. The Morgan fingerprint density at radius 3 is 2.52 bits per heavy atom. The number of halogens is 2. The van der Waals surface area contributed by atoms with Crippen LogP contribution in [0.3, 0.4) is 0 Å². The molecule has 0 aromatic heterocycles. The van der Waals surface area contributed by atoms with E-state index in [9.17, 15) is 9.90 Å². The summed E-state index contributed by atoms with van der Waals surface area (Å²) < 4.78 is 0. The summed E-state index contributed by atoms with van der Waals surface area (Å²) in [5.74, 6) is -0.494. The van der Waals surface area contributed by atoms with Gasteiger partial charge in [0.25, 0.3) is 0 Å². The summed E-state index contributed by atoms with van der Waals surface area (Å²) in [6.07, 6.45) is 0.879. The first-order chi connectivity index (χ1) is 10.0. The fourth-order valence-electron chi connectivity index (χ4n) is 2.47. The molecule has 1 aliphatic rings. The molecule has 0 fully saturated rings. The number of hydrogen-bond donors (Lipinski definition) is 1. The highest BCUT2D eigenvalue weighted by molar-refractivity contribution is 6.34. The smallest absolute Gasteiger partial charge is 0.392 e. The molecule has 102 valence electrons. The van der Waals surface area contributed by atoms with Crippen LogP contribution < -0.4 is 0 Å². The summed E-state index contributed by atoms with van der Waals surface area (Å²) in [5.41, 5.74) is 2.37. The second kappa shape index (κ2) is 4.88. The third-order valence-corrected chi connectivity index (χ3v) is 3.75. The van der Waals surface area contributed by atoms with Gasteiger partial charge in [-0.05, 0) is 29.8 Å². The average Bonchev–Trinajstić information content (AvgIpc) is 2.71. The molecule has 0 saturated carbocycles. The highest BCUT2D eigenvalue weighted by Crippen LogP contribution is 2.43. The zero-order chi connectivity index (χ0) is 15.1. The summed E-state index contributed by atoms with van der Waals surface area (Å²) in [4.78, 5) is 15.2. The zero-order valence-electron chi connectivity index (χ0n) is 10.5. The Morgan fingerprint density at radius 1 is 1.10 bits per heavy atom. The van der Waals surface area contributed by atoms with Gasteiger partial charge in [-0.2, -0.15) is 0 Å². The molecule has 4 nitrogen and oxygen atoms in total. The third kappa shape index (κ3) is 2.07. The molecule has 0 unspecified atom stereocenters. The van der Waals surface area contributed by atoms with Gasteiger partial charge in [0.05, 0.1) is 0 Å². The standard InChI is InChI=1S/C15H6Cl2N2O2/c16-7-1-2-9-10(3-7)15(21)12-5-8(17)4-11(14(9)12)13(20)6-19-18/h1-6H/p+1/b13-6-. The highest BCUT2D eigenvalue weighted by Gasteiger charge is 2.31. The molecule has 2 aromatic carbocycles. The Balaban J connectivity index is 2.38. The summed E-state index contributed by atoms with van der Waals surface area (Å²) in [6.45, 7) is 0. The summed E-state index contributed by atoms with van der Waals surface area (Å²) in [6, 6.07) is 8.00. The lowest BCUT2D eigenvalue weighted by molar-refractivity contribution is 0.104. The predicted molar refractivity (Wildman–Crippen MR) is 81.0 cm³/mol. The lowest BCUT2D eigenvalue weighted by atomic mass is 9.98. The molecule has 1 N–H and O–H groups in total. The molecule has 0 spiro atoms. The van der Waals surface area contributed by atoms with E-state index in [0.717, 1.165) is 6.20 Å². The van der Waals surface area contributed by atoms with Crippen molar-refractivity contribution in [2.24, 2.45) is 0 Å². The molecule has 2 aromatic rings. The van der Waals surface area contributed by atoms with Crippen molar-refractivity contribution >= 4 is 34.7 Å². The van der Waals surface area contributed by atoms with Gasteiger partial charge in [-0.1, -0.05) is 29.3 Å². The normalized spacial score (nSPS) is 12.8. The molecule has 21 heavy (non-hydrogen) atoms. The van der Waals surface area contributed by atoms with Crippen molar-refractivity contribution in [1.82, 2.24) is 0 Å². The maximum Gasteiger partial charge on any atom is 0.392 e. The lowest BCUT2D eigenvalue weighted by Crippen LogP contribution is -1.96. The number of nitrogens with zero attached hydrogens (tertiary/aromatic N) is 2. The molecule has 0 aliphatic heterocycles. The molecule has 1 aliphatic carbocycles. The van der Waals surface area contributed by atoms with Crippen molar-refractivity contribution in [3.63, 3.8) is 0 Å². The number of diazo groups is 1. The largest absolute Gasteiger partial charge is 0.501 e. The van der Waals surface area contributed by atoms with Crippen LogP contribution in [0.25, 0.3) is 21.9 Å². The topological polar surface area (TPSA) is 65.4 Å². The molecule has 0 amide bonds. The van der Waals surface area contributed by atoms with E-state index in [1.807, 2.05) is 0 Å². The van der Waals surface area contributed by atoms with Gasteiger partial charge in [0, 0.05) is 32.3 Å². The first kappa shape index (κ1) is 13.6. The number of aliphatic hydroxyl groups excluding tert-OH is 1. The van der Waals surface area contributed by atoms with Crippen LogP contribution in [0.1, 0.15) is 21.5 Å². The Morgan fingerprint density at radius 2 is 1.81 bits per heavy atom. The maximum atomic E-state index is 12.4. The van der Waals surface area contributed by atoms with Crippen LogP contribution in [0, 0.1) is 5.39 Å². The van der Waals surface area contributed by atoms with Crippen LogP contribution in [0.5, 0.6) is 0 Å². The number of aliphatic hydroxyl groups is 1. The third-order valence-electron chi connectivity index (χ3n) is 3.30. The van der Waals surface area contributed by atoms with Crippen LogP contribution in [-0.4, -0.2) is 10.9 Å². The number of benzene rings is 2. The van der Waals surface area contributed by atoms with Crippen LogP contribution in [0.4, 0.5) is 0 Å². The summed E-state index contributed by atoms with van der Waals surface area (Å²) in [5, 5.41) is 19.3. The minimum Gasteiger partial charge on any atom is -0.501 e. The average molecular weight is 318 g/mol. The van der Waals surface area contributed by atoms with Gasteiger partial charge in [0.1, 0.15) is 0 Å². The molecule has 0 radical (unpaired) electrons. The Hall–Kier alpha value is -2.35. The molecule has 0 saturated heterocycles. The lowest BCUT2D eigenvalue weighted by Gasteiger charge is -2.07. The molecule has 0 bridgehead atoms. The van der Waals surface area contributed by atoms with Crippen molar-refractivity contribution < 1.29 is 9.90 Å². The number of carbonyl (C=O) groups is 1. The molecule has 3 rings (SSSR count). The van der Waals surface area contributed by atoms with Gasteiger partial charge >= 0.3 is 6.20 Å². The van der Waals surface area contributed by atoms with Gasteiger partial charge in [-0.15, -0.1) is 0 Å². The molecule has 6 heteroatoms. The van der Waals surface area contributed by atoms with Crippen LogP contribution in [0.15, 0.2) is 36.5 Å². The summed E-state index contributed by atoms with van der Waals surface area (Å²) >= 11 is 11.9. The van der Waals surface area contributed by atoms with E-state index in [2.05, 4.69) is 4.98 Å². The zero-order valence-corrected chi connectivity index (χ0v) is 12.0. The number of carbonyl (C=O) groups excluding carboxylic acids is 1. The molecular formula is C15H7Cl2N2O2+. The van der Waals surface area contributed by atoms with Crippen molar-refractivity contribution in [2.45, 2.75) is 0 Å². The highest BCUT2D eigenvalue weighted by atomic mass is 35.5. The monoisotopic (exact) mass is 317 g/mol. The first-order valence-electron chi connectivity index (χ1n) is 5.95. The Labute approximate surface area is 129 Å². The summed E-state index contributed by atoms with van der Waals surface area (Å²) in [7, 11) is 0. The first-order valence-corrected chi connectivity index (χ1v) is 6.70. The number of fused-ring (bicyclic) bond motifs is 3. The van der Waals surface area contributed by atoms with E-state index in [1.54, 1.807) is 24.3 Å². The van der Waals surface area contributed by atoms with E-state index in [1.165, 1.54) is 6.07 Å². The van der Waals surface area contributed by atoms with Crippen LogP contribution in [-0.2, 0) is 0 Å². The van der Waals surface area contributed by atoms with Crippen molar-refractivity contribution in [2.75, 3.05) is 0 Å². The van der Waals surface area contributed by atoms with Gasteiger partial charge in [-0.25, -0.2) is 0 Å². The van der Waals surface area contributed by atoms with Gasteiger partial charge in [-0.3, -0.25) is 4.79 Å². The fourth-order valence-corrected chi connectivity index (χ4v) is 2.86. The minimum atomic E-state index is -0.285. The molecule has 0 heterocycles. The Bertz CT molecular complexity index is 867. The quantitative estimate of drug-likeness (QED) is 0.512. The van der Waals surface area contributed by atoms with E-state index in [4.69, 9.17) is 28.6 Å². The minimum absolute atomic E-state index is 0.208. The van der Waals surface area contributed by atoms with E-state index < -0.39 is 0 Å². The van der Waals surface area contributed by atoms with Gasteiger partial charge in [0.2, 0.25) is 11.2 Å². The van der Waals surface area contributed by atoms with E-state index >= 15 is 0 Å². The second-order valence-electron chi connectivity index (χ2n) is 4.52. The number of ketones is 1. The number of hydrogen-bond acceptors (Lipinski definition) is 3. The van der Waals surface area contributed by atoms with E-state index in [-0.39, 0.29) is 11.5 Å². The fraction of sp³-hybridized carbons (Fsp3) is 0. The molecular weight excluding hydrogens is 311 g/mol. The van der Waals surface area contributed by atoms with Crippen LogP contribution >= 0.6 is 23.2 Å². The number of rotatable bonds is 1. The van der Waals surface area contributed by atoms with Crippen molar-refractivity contribution in [3.05, 3.63) is 68.2 Å². The Kier molecular flexibility index (Phi) is 3.17. The van der Waals surface area contributed by atoms with E-state index in [0.29, 0.717) is 37.9 Å². The molecule has 0 atom stereocenters. The SMILES string of the molecule is N#[N+]/C=C(\O)c1cc(Cl)cc2c1-c1ccc(Cl)cc1C2=O. The van der Waals surface area contributed by atoms with Crippen molar-refractivity contribution in [1.29, 1.82) is 5.39 Å². The second-order valence-corrected chi connectivity index (χ2v) is 5.40. The van der Waals surface area contributed by atoms with Gasteiger partial charge < -0.3 is 5.11 Å². The maximum absolute atomic E-state index is 12.4.